The van der Waals surface area contributed by atoms with Crippen molar-refractivity contribution in [3.8, 4) is 0 Å². The van der Waals surface area contributed by atoms with Crippen LogP contribution < -0.4 is 0 Å². The van der Waals surface area contributed by atoms with Crippen molar-refractivity contribution in [2.24, 2.45) is 5.41 Å². The highest BCUT2D eigenvalue weighted by Crippen LogP contribution is 2.39. The molecule has 0 spiro atoms. The predicted octanol–water partition coefficient (Wildman–Crippen LogP) is 2.65. The fourth-order valence-corrected chi connectivity index (χ4v) is 0.810. The lowest BCUT2D eigenvalue weighted by atomic mass is 9.97. The maximum atomic E-state index is 12.8. The number of alkyl halides is 6. The van der Waals surface area contributed by atoms with Crippen LogP contribution in [0.15, 0.2) is 0 Å². The number of ether oxygens (including phenoxy) is 2. The Morgan fingerprint density at radius 2 is 1.48 bits per heavy atom. The molecule has 0 saturated carbocycles. The van der Waals surface area contributed by atoms with Crippen molar-refractivity contribution < 1.29 is 45.4 Å². The molecule has 0 unspecified atom stereocenters. The second kappa shape index (κ2) is 6.52. The summed E-state index contributed by atoms with van der Waals surface area (Å²) >= 11 is 0. The maximum absolute atomic E-state index is 12.8. The minimum absolute atomic E-state index is 0.857. The van der Waals surface area contributed by atoms with Crippen LogP contribution in [-0.4, -0.2) is 43.4 Å². The van der Waals surface area contributed by atoms with Crippen LogP contribution >= 0.6 is 0 Å². The van der Waals surface area contributed by atoms with Crippen molar-refractivity contribution in [2.45, 2.75) is 39.0 Å². The topological polar surface area (TPSA) is 52.6 Å². The Hall–Kier alpha value is -1.48. The van der Waals surface area contributed by atoms with E-state index in [0.29, 0.717) is 0 Å². The van der Waals surface area contributed by atoms with Crippen LogP contribution in [-0.2, 0) is 19.1 Å². The average Bonchev–Trinajstić information content (AvgIpc) is 2.31. The lowest BCUT2D eigenvalue weighted by Gasteiger charge is -2.25. The van der Waals surface area contributed by atoms with Crippen LogP contribution in [0.4, 0.5) is 26.3 Å². The summed E-state index contributed by atoms with van der Waals surface area (Å²) < 4.78 is 82.2. The van der Waals surface area contributed by atoms with Gasteiger partial charge in [-0.25, -0.2) is 13.6 Å². The van der Waals surface area contributed by atoms with Crippen molar-refractivity contribution in [3.63, 3.8) is 0 Å². The molecular weight excluding hydrogens is 310 g/mol. The van der Waals surface area contributed by atoms with E-state index in [1.807, 2.05) is 0 Å². The van der Waals surface area contributed by atoms with Gasteiger partial charge in [0, 0.05) is 0 Å². The first-order valence-electron chi connectivity index (χ1n) is 5.58. The summed E-state index contributed by atoms with van der Waals surface area (Å²) in [5.74, 6) is -13.3. The first-order chi connectivity index (χ1) is 9.22. The Morgan fingerprint density at radius 1 is 1.00 bits per heavy atom. The molecule has 0 fully saturated rings. The zero-order chi connectivity index (χ0) is 17.1. The third-order valence-corrected chi connectivity index (χ3v) is 2.11. The van der Waals surface area contributed by atoms with Gasteiger partial charge in [0.2, 0.25) is 0 Å². The Balaban J connectivity index is 4.41. The highest BCUT2D eigenvalue weighted by molar-refractivity contribution is 5.79. The van der Waals surface area contributed by atoms with Crippen LogP contribution in [0.1, 0.15) is 20.8 Å². The van der Waals surface area contributed by atoms with E-state index in [1.165, 1.54) is 20.8 Å². The molecule has 0 saturated heterocycles. The lowest BCUT2D eigenvalue weighted by Crippen LogP contribution is -2.49. The molecule has 0 aromatic carbocycles. The quantitative estimate of drug-likeness (QED) is 0.557. The van der Waals surface area contributed by atoms with Crippen LogP contribution in [0.2, 0.25) is 0 Å². The van der Waals surface area contributed by atoms with Crippen LogP contribution in [0.25, 0.3) is 0 Å². The molecule has 4 nitrogen and oxygen atoms in total. The number of halogens is 6. The van der Waals surface area contributed by atoms with E-state index >= 15 is 0 Å². The van der Waals surface area contributed by atoms with Gasteiger partial charge in [0.25, 0.3) is 0 Å². The summed E-state index contributed by atoms with van der Waals surface area (Å²) in [5, 5.41) is 0. The summed E-state index contributed by atoms with van der Waals surface area (Å²) in [6.07, 6.45) is -4.62. The highest BCUT2D eigenvalue weighted by atomic mass is 19.3. The fourth-order valence-electron chi connectivity index (χ4n) is 0.810. The van der Waals surface area contributed by atoms with Crippen LogP contribution in [0.5, 0.6) is 0 Å². The Kier molecular flexibility index (Phi) is 6.06. The summed E-state index contributed by atoms with van der Waals surface area (Å²) in [5.41, 5.74) is -0.979. The van der Waals surface area contributed by atoms with Crippen molar-refractivity contribution in [1.82, 2.24) is 0 Å². The van der Waals surface area contributed by atoms with E-state index in [0.717, 1.165) is 0 Å². The van der Waals surface area contributed by atoms with Gasteiger partial charge in [-0.1, -0.05) is 0 Å². The molecule has 0 heterocycles. The molecule has 10 heteroatoms. The van der Waals surface area contributed by atoms with E-state index in [4.69, 9.17) is 0 Å². The van der Waals surface area contributed by atoms with Crippen LogP contribution in [0, 0.1) is 5.41 Å². The summed E-state index contributed by atoms with van der Waals surface area (Å²) in [7, 11) is 0. The van der Waals surface area contributed by atoms with E-state index in [9.17, 15) is 35.9 Å². The normalized spacial score (nSPS) is 13.2. The first kappa shape index (κ1) is 19.5. The summed E-state index contributed by atoms with van der Waals surface area (Å²) in [6.45, 7) is 0.983. The SMILES string of the molecule is CC(C)(C)C(=O)OCC(=O)OCC(F)(F)C(F)(F)C(F)F. The zero-order valence-corrected chi connectivity index (χ0v) is 11.4. The van der Waals surface area contributed by atoms with Gasteiger partial charge < -0.3 is 9.47 Å². The first-order valence-corrected chi connectivity index (χ1v) is 5.58. The molecule has 0 N–H and O–H groups in total. The maximum Gasteiger partial charge on any atom is 0.372 e. The fraction of sp³-hybridized carbons (Fsp3) is 0.818. The van der Waals surface area contributed by atoms with Crippen molar-refractivity contribution in [1.29, 1.82) is 0 Å². The molecule has 0 rings (SSSR count). The molecule has 21 heavy (non-hydrogen) atoms. The Morgan fingerprint density at radius 3 is 1.86 bits per heavy atom. The molecule has 0 aliphatic heterocycles. The number of carbonyl (C=O) groups excluding carboxylic acids is 2. The number of hydrogen-bond acceptors (Lipinski definition) is 4. The molecule has 0 radical (unpaired) electrons. The van der Waals surface area contributed by atoms with Crippen molar-refractivity contribution in [2.75, 3.05) is 13.2 Å². The smallest absolute Gasteiger partial charge is 0.372 e. The third-order valence-electron chi connectivity index (χ3n) is 2.11. The van der Waals surface area contributed by atoms with Crippen molar-refractivity contribution in [3.05, 3.63) is 0 Å². The Labute approximate surface area is 116 Å². The second-order valence-corrected chi connectivity index (χ2v) is 5.11. The summed E-state index contributed by atoms with van der Waals surface area (Å²) in [6, 6.07) is 0. The predicted molar refractivity (Wildman–Crippen MR) is 57.3 cm³/mol. The lowest BCUT2D eigenvalue weighted by molar-refractivity contribution is -0.276. The molecule has 0 aromatic rings. The van der Waals surface area contributed by atoms with Gasteiger partial charge in [0.15, 0.2) is 13.2 Å². The van der Waals surface area contributed by atoms with E-state index in [1.54, 1.807) is 0 Å². The average molecular weight is 324 g/mol. The Bertz CT molecular complexity index is 389. The minimum atomic E-state index is -5.64. The highest BCUT2D eigenvalue weighted by Gasteiger charge is 2.63. The minimum Gasteiger partial charge on any atom is -0.456 e. The second-order valence-electron chi connectivity index (χ2n) is 5.11. The van der Waals surface area contributed by atoms with Gasteiger partial charge in [-0.2, -0.15) is 17.6 Å². The molecule has 124 valence electrons. The molecule has 0 aromatic heterocycles. The van der Waals surface area contributed by atoms with Gasteiger partial charge in [-0.05, 0) is 20.8 Å². The largest absolute Gasteiger partial charge is 0.456 e. The van der Waals surface area contributed by atoms with E-state index in [2.05, 4.69) is 9.47 Å². The number of carbonyl (C=O) groups is 2. The molecule has 0 amide bonds. The van der Waals surface area contributed by atoms with Gasteiger partial charge >= 0.3 is 30.2 Å². The van der Waals surface area contributed by atoms with Gasteiger partial charge in [0.1, 0.15) is 0 Å². The van der Waals surface area contributed by atoms with Gasteiger partial charge in [-0.3, -0.25) is 4.79 Å². The zero-order valence-electron chi connectivity index (χ0n) is 11.4. The van der Waals surface area contributed by atoms with Crippen LogP contribution in [0.3, 0.4) is 0 Å². The van der Waals surface area contributed by atoms with Crippen molar-refractivity contribution >= 4 is 11.9 Å². The molecular formula is C11H14F6O4. The standard InChI is InChI=1S/C11H14F6O4/c1-9(2,3)8(19)20-4-6(18)21-5-10(14,15)11(16,17)7(12)13/h7H,4-5H2,1-3H3. The molecule has 0 atom stereocenters. The molecule has 0 bridgehead atoms. The molecule has 0 aliphatic rings. The number of esters is 2. The number of rotatable bonds is 6. The third kappa shape index (κ3) is 5.43. The van der Waals surface area contributed by atoms with E-state index < -0.39 is 48.8 Å². The van der Waals surface area contributed by atoms with Gasteiger partial charge in [0.05, 0.1) is 5.41 Å². The number of hydrogen-bond donors (Lipinski definition) is 0. The molecule has 0 aliphatic carbocycles. The summed E-state index contributed by atoms with van der Waals surface area (Å²) in [4.78, 5) is 22.2. The van der Waals surface area contributed by atoms with E-state index in [-0.39, 0.29) is 0 Å². The van der Waals surface area contributed by atoms with Gasteiger partial charge in [-0.15, -0.1) is 0 Å². The monoisotopic (exact) mass is 324 g/mol.